The predicted octanol–water partition coefficient (Wildman–Crippen LogP) is -3.40. The molecule has 0 aliphatic carbocycles. The van der Waals surface area contributed by atoms with Crippen molar-refractivity contribution in [3.8, 4) is 0 Å². The van der Waals surface area contributed by atoms with Crippen molar-refractivity contribution in [3.63, 3.8) is 0 Å². The molecule has 1 rings (SSSR count). The minimum Gasteiger partial charge on any atom is -0.480 e. The lowest BCUT2D eigenvalue weighted by Crippen LogP contribution is -2.62. The first-order chi connectivity index (χ1) is 17.8. The number of carbonyl (C=O) groups excluding carboxylic acids is 4. The quantitative estimate of drug-likeness (QED) is 0.107. The molecule has 0 unspecified atom stereocenters. The van der Waals surface area contributed by atoms with Crippen molar-refractivity contribution in [2.75, 3.05) is 13.2 Å². The van der Waals surface area contributed by atoms with E-state index in [0.29, 0.717) is 5.56 Å². The Morgan fingerprint density at radius 2 is 1.29 bits per heavy atom. The molecule has 0 radical (unpaired) electrons. The van der Waals surface area contributed by atoms with Gasteiger partial charge in [-0.2, -0.15) is 0 Å². The lowest BCUT2D eigenvalue weighted by atomic mass is 10.0. The molecule has 0 spiro atoms. The molecule has 14 heteroatoms. The molecule has 0 heterocycles. The number of amides is 4. The Kier molecular flexibility index (Phi) is 13.3. The van der Waals surface area contributed by atoms with Crippen LogP contribution in [0.25, 0.3) is 0 Å². The fraction of sp³-hybridized carbons (Fsp3) is 0.542. The summed E-state index contributed by atoms with van der Waals surface area (Å²) in [7, 11) is 0. The van der Waals surface area contributed by atoms with Gasteiger partial charge in [-0.05, 0) is 18.4 Å². The molecular weight excluding hydrogens is 502 g/mol. The first-order valence-electron chi connectivity index (χ1n) is 12.0. The molecule has 0 aromatic heterocycles. The molecule has 0 saturated carbocycles. The third-order valence-electron chi connectivity index (χ3n) is 5.56. The van der Waals surface area contributed by atoms with Crippen LogP contribution in [0.4, 0.5) is 0 Å². The summed E-state index contributed by atoms with van der Waals surface area (Å²) in [6.07, 6.45) is -1.47. The number of hydrogen-bond donors (Lipinski definition) is 9. The standard InChI is InChI=1S/C24H37N5O9/c1-12(2)18(28-21(34)17(11-31)27-20(33)15(25)10-30)22(35)29-19(13(3)32)23(36)26-16(24(37)38)9-14-7-5-4-6-8-14/h4-8,12-13,15-19,30-32H,9-11,25H2,1-3H3,(H,26,36)(H,27,33)(H,28,34)(H,29,35)(H,37,38)/t13-,15+,16+,17+,18+,19+/m1/s1. The zero-order chi connectivity index (χ0) is 29.0. The molecular formula is C24H37N5O9. The monoisotopic (exact) mass is 539 g/mol. The number of carboxylic acids is 1. The molecule has 0 aliphatic heterocycles. The van der Waals surface area contributed by atoms with Crippen LogP contribution in [0.5, 0.6) is 0 Å². The number of rotatable bonds is 15. The topological polar surface area (TPSA) is 240 Å². The first kappa shape index (κ1) is 32.4. The largest absolute Gasteiger partial charge is 0.480 e. The van der Waals surface area contributed by atoms with E-state index in [4.69, 9.17) is 10.8 Å². The van der Waals surface area contributed by atoms with Gasteiger partial charge in [-0.15, -0.1) is 0 Å². The number of nitrogens with two attached hydrogens (primary N) is 1. The van der Waals surface area contributed by atoms with E-state index in [0.717, 1.165) is 0 Å². The van der Waals surface area contributed by atoms with Crippen LogP contribution in [0.1, 0.15) is 26.3 Å². The van der Waals surface area contributed by atoms with Crippen LogP contribution in [0.2, 0.25) is 0 Å². The Morgan fingerprint density at radius 1 is 0.763 bits per heavy atom. The van der Waals surface area contributed by atoms with Gasteiger partial charge in [-0.3, -0.25) is 19.2 Å². The molecule has 212 valence electrons. The van der Waals surface area contributed by atoms with Gasteiger partial charge in [0.2, 0.25) is 23.6 Å². The summed E-state index contributed by atoms with van der Waals surface area (Å²) in [6.45, 7) is 2.85. The molecule has 10 N–H and O–H groups in total. The van der Waals surface area contributed by atoms with Gasteiger partial charge < -0.3 is 47.4 Å². The minimum absolute atomic E-state index is 0.0404. The summed E-state index contributed by atoms with van der Waals surface area (Å²) in [5, 5.41) is 47.3. The second kappa shape index (κ2) is 15.6. The number of carbonyl (C=O) groups is 5. The Morgan fingerprint density at radius 3 is 1.76 bits per heavy atom. The van der Waals surface area contributed by atoms with Crippen LogP contribution in [0, 0.1) is 5.92 Å². The van der Waals surface area contributed by atoms with Crippen LogP contribution >= 0.6 is 0 Å². The zero-order valence-corrected chi connectivity index (χ0v) is 21.5. The smallest absolute Gasteiger partial charge is 0.326 e. The molecule has 4 amide bonds. The molecule has 1 aromatic carbocycles. The number of nitrogens with one attached hydrogen (secondary N) is 4. The maximum atomic E-state index is 13.0. The Balaban J connectivity index is 2.96. The number of aliphatic hydroxyl groups is 3. The van der Waals surface area contributed by atoms with Gasteiger partial charge in [0.1, 0.15) is 30.2 Å². The highest BCUT2D eigenvalue weighted by Crippen LogP contribution is 2.07. The molecule has 0 saturated heterocycles. The minimum atomic E-state index is -1.56. The van der Waals surface area contributed by atoms with E-state index in [-0.39, 0.29) is 6.42 Å². The Labute approximate surface area is 220 Å². The van der Waals surface area contributed by atoms with E-state index in [1.807, 2.05) is 0 Å². The van der Waals surface area contributed by atoms with Crippen molar-refractivity contribution in [3.05, 3.63) is 35.9 Å². The number of aliphatic carboxylic acids is 1. The van der Waals surface area contributed by atoms with E-state index >= 15 is 0 Å². The van der Waals surface area contributed by atoms with Gasteiger partial charge in [-0.1, -0.05) is 44.2 Å². The van der Waals surface area contributed by atoms with Crippen molar-refractivity contribution < 1.29 is 44.4 Å². The van der Waals surface area contributed by atoms with Crippen LogP contribution in [-0.4, -0.2) is 99.6 Å². The molecule has 38 heavy (non-hydrogen) atoms. The Bertz CT molecular complexity index is 958. The van der Waals surface area contributed by atoms with Gasteiger partial charge in [0, 0.05) is 6.42 Å². The van der Waals surface area contributed by atoms with E-state index in [1.54, 1.807) is 44.2 Å². The fourth-order valence-corrected chi connectivity index (χ4v) is 3.30. The summed E-state index contributed by atoms with van der Waals surface area (Å²) in [5.74, 6) is -5.53. The highest BCUT2D eigenvalue weighted by molar-refractivity contribution is 5.95. The summed E-state index contributed by atoms with van der Waals surface area (Å²) < 4.78 is 0. The average Bonchev–Trinajstić information content (AvgIpc) is 2.87. The van der Waals surface area contributed by atoms with Crippen LogP contribution < -0.4 is 27.0 Å². The lowest BCUT2D eigenvalue weighted by Gasteiger charge is -2.28. The lowest BCUT2D eigenvalue weighted by molar-refractivity contribution is -0.143. The SMILES string of the molecule is CC(C)[C@H](NC(=O)[C@H](CO)NC(=O)[C@@H](N)CO)C(=O)N[C@H](C(=O)N[C@@H](Cc1ccccc1)C(=O)O)[C@@H](C)O. The van der Waals surface area contributed by atoms with E-state index in [2.05, 4.69) is 21.3 Å². The second-order valence-electron chi connectivity index (χ2n) is 9.08. The maximum Gasteiger partial charge on any atom is 0.326 e. The third-order valence-corrected chi connectivity index (χ3v) is 5.56. The van der Waals surface area contributed by atoms with Crippen LogP contribution in [-0.2, 0) is 30.4 Å². The van der Waals surface area contributed by atoms with E-state index in [9.17, 15) is 39.3 Å². The molecule has 0 bridgehead atoms. The van der Waals surface area contributed by atoms with Gasteiger partial charge in [-0.25, -0.2) is 4.79 Å². The molecule has 1 aromatic rings. The second-order valence-corrected chi connectivity index (χ2v) is 9.08. The fourth-order valence-electron chi connectivity index (χ4n) is 3.30. The van der Waals surface area contributed by atoms with E-state index < -0.39 is 85.0 Å². The van der Waals surface area contributed by atoms with Gasteiger partial charge in [0.15, 0.2) is 0 Å². The summed E-state index contributed by atoms with van der Waals surface area (Å²) >= 11 is 0. The third kappa shape index (κ3) is 10.0. The molecule has 14 nitrogen and oxygen atoms in total. The van der Waals surface area contributed by atoms with Crippen LogP contribution in [0.15, 0.2) is 30.3 Å². The van der Waals surface area contributed by atoms with Crippen LogP contribution in [0.3, 0.4) is 0 Å². The first-order valence-corrected chi connectivity index (χ1v) is 12.0. The summed E-state index contributed by atoms with van der Waals surface area (Å²) in [5.41, 5.74) is 6.03. The normalized spacial score (nSPS) is 15.8. The van der Waals surface area contributed by atoms with Crippen molar-refractivity contribution in [1.29, 1.82) is 0 Å². The average molecular weight is 540 g/mol. The maximum absolute atomic E-state index is 13.0. The molecule has 0 aliphatic rings. The van der Waals surface area contributed by atoms with Gasteiger partial charge in [0.25, 0.3) is 0 Å². The highest BCUT2D eigenvalue weighted by atomic mass is 16.4. The van der Waals surface area contributed by atoms with Crippen molar-refractivity contribution >= 4 is 29.6 Å². The molecule has 0 fully saturated rings. The number of aliphatic hydroxyl groups excluding tert-OH is 3. The molecule has 6 atom stereocenters. The number of hydrogen-bond acceptors (Lipinski definition) is 9. The van der Waals surface area contributed by atoms with E-state index in [1.165, 1.54) is 6.92 Å². The highest BCUT2D eigenvalue weighted by Gasteiger charge is 2.34. The predicted molar refractivity (Wildman–Crippen MR) is 134 cm³/mol. The summed E-state index contributed by atoms with van der Waals surface area (Å²) in [4.78, 5) is 62.1. The Hall–Kier alpha value is -3.59. The van der Waals surface area contributed by atoms with Gasteiger partial charge in [0.05, 0.1) is 19.3 Å². The van der Waals surface area contributed by atoms with Gasteiger partial charge >= 0.3 is 5.97 Å². The number of carboxylic acid groups (broad SMARTS) is 1. The zero-order valence-electron chi connectivity index (χ0n) is 21.5. The van der Waals surface area contributed by atoms with Crippen molar-refractivity contribution in [1.82, 2.24) is 21.3 Å². The number of benzene rings is 1. The van der Waals surface area contributed by atoms with Crippen molar-refractivity contribution in [2.45, 2.75) is 63.5 Å². The van der Waals surface area contributed by atoms with Crippen molar-refractivity contribution in [2.24, 2.45) is 11.7 Å². The summed E-state index contributed by atoms with van der Waals surface area (Å²) in [6, 6.07) is 1.55.